The number of hydrogen-bond acceptors (Lipinski definition) is 9. The molecule has 0 spiro atoms. The highest BCUT2D eigenvalue weighted by Gasteiger charge is 2.26. The number of pyridine rings is 1. The van der Waals surface area contributed by atoms with Gasteiger partial charge in [0, 0.05) is 6.07 Å². The number of rotatable bonds is 8. The number of aromatic nitrogens is 5. The van der Waals surface area contributed by atoms with Gasteiger partial charge in [-0.3, -0.25) is 9.29 Å². The molecule has 4 aromatic rings. The van der Waals surface area contributed by atoms with E-state index in [2.05, 4.69) is 24.7 Å². The van der Waals surface area contributed by atoms with Crippen LogP contribution in [0.1, 0.15) is 12.8 Å². The molecule has 11 nitrogen and oxygen atoms in total. The average Bonchev–Trinajstić information content (AvgIpc) is 3.55. The Balaban J connectivity index is 1.78. The van der Waals surface area contributed by atoms with Crippen molar-refractivity contribution in [1.82, 2.24) is 24.5 Å². The molecular formula is C22H22N6O5S. The molecular weight excluding hydrogens is 460 g/mol. The lowest BCUT2D eigenvalue weighted by molar-refractivity contribution is 0.291. The lowest BCUT2D eigenvalue weighted by atomic mass is 10.2. The summed E-state index contributed by atoms with van der Waals surface area (Å²) in [4.78, 5) is 18.1. The number of para-hydroxylation sites is 1. The van der Waals surface area contributed by atoms with Crippen molar-refractivity contribution >= 4 is 27.1 Å². The number of anilines is 1. The molecule has 5 rings (SSSR count). The van der Waals surface area contributed by atoms with Crippen molar-refractivity contribution in [3.63, 3.8) is 0 Å². The molecule has 1 aliphatic carbocycles. The van der Waals surface area contributed by atoms with Crippen molar-refractivity contribution in [2.75, 3.05) is 25.2 Å². The highest BCUT2D eigenvalue weighted by molar-refractivity contribution is 7.92. The Kier molecular flexibility index (Phi) is 5.44. The van der Waals surface area contributed by atoms with Gasteiger partial charge in [-0.25, -0.2) is 28.4 Å². The number of nitrogens with zero attached hydrogens (tertiary/aromatic N) is 5. The molecule has 12 heteroatoms. The third kappa shape index (κ3) is 4.31. The predicted octanol–water partition coefficient (Wildman–Crippen LogP) is 2.81. The second-order valence-corrected chi connectivity index (χ2v) is 9.49. The molecule has 1 aromatic carbocycles. The summed E-state index contributed by atoms with van der Waals surface area (Å²) in [5.41, 5.74) is 1.62. The quantitative estimate of drug-likeness (QED) is 0.403. The zero-order valence-corrected chi connectivity index (χ0v) is 19.5. The minimum Gasteiger partial charge on any atom is -0.494 e. The SMILES string of the molecule is COc1cccc(OC)c1-n1c(-c2cccc(OC3CC3)n2)nc2ncc(NS(C)(=O)=O)nc21. The molecule has 34 heavy (non-hydrogen) atoms. The molecule has 176 valence electrons. The number of nitrogens with one attached hydrogen (secondary N) is 1. The van der Waals surface area contributed by atoms with E-state index >= 15 is 0 Å². The third-order valence-electron chi connectivity index (χ3n) is 5.05. The highest BCUT2D eigenvalue weighted by Crippen LogP contribution is 2.38. The molecule has 0 amide bonds. The molecule has 3 heterocycles. The fourth-order valence-electron chi connectivity index (χ4n) is 3.49. The van der Waals surface area contributed by atoms with Crippen LogP contribution < -0.4 is 18.9 Å². The molecule has 3 aromatic heterocycles. The van der Waals surface area contributed by atoms with Crippen molar-refractivity contribution in [2.24, 2.45) is 0 Å². The maximum absolute atomic E-state index is 11.8. The van der Waals surface area contributed by atoms with Crippen molar-refractivity contribution in [3.8, 4) is 34.6 Å². The summed E-state index contributed by atoms with van der Waals surface area (Å²) in [6.45, 7) is 0. The Morgan fingerprint density at radius 2 is 1.71 bits per heavy atom. The van der Waals surface area contributed by atoms with Crippen LogP contribution in [-0.4, -0.2) is 59.5 Å². The van der Waals surface area contributed by atoms with Gasteiger partial charge in [0.15, 0.2) is 22.9 Å². The van der Waals surface area contributed by atoms with E-state index in [-0.39, 0.29) is 17.6 Å². The normalized spacial score (nSPS) is 13.6. The van der Waals surface area contributed by atoms with Crippen molar-refractivity contribution in [1.29, 1.82) is 0 Å². The van der Waals surface area contributed by atoms with Crippen LogP contribution in [0.15, 0.2) is 42.6 Å². The molecule has 1 N–H and O–H groups in total. The predicted molar refractivity (Wildman–Crippen MR) is 125 cm³/mol. The number of methoxy groups -OCH3 is 2. The zero-order chi connectivity index (χ0) is 23.9. The molecule has 0 aliphatic heterocycles. The van der Waals surface area contributed by atoms with Gasteiger partial charge >= 0.3 is 0 Å². The van der Waals surface area contributed by atoms with E-state index in [1.165, 1.54) is 6.20 Å². The van der Waals surface area contributed by atoms with E-state index < -0.39 is 10.0 Å². The summed E-state index contributed by atoms with van der Waals surface area (Å²) >= 11 is 0. The van der Waals surface area contributed by atoms with Crippen LogP contribution in [-0.2, 0) is 10.0 Å². The summed E-state index contributed by atoms with van der Waals surface area (Å²) in [6.07, 6.45) is 4.55. The van der Waals surface area contributed by atoms with E-state index in [0.29, 0.717) is 40.2 Å². The van der Waals surface area contributed by atoms with Crippen molar-refractivity contribution in [3.05, 3.63) is 42.6 Å². The Morgan fingerprint density at radius 3 is 2.35 bits per heavy atom. The number of fused-ring (bicyclic) bond motifs is 1. The number of imidazole rings is 1. The molecule has 1 fully saturated rings. The van der Waals surface area contributed by atoms with Crippen LogP contribution in [0.3, 0.4) is 0 Å². The molecule has 0 unspecified atom stereocenters. The van der Waals surface area contributed by atoms with Crippen molar-refractivity contribution < 1.29 is 22.6 Å². The molecule has 1 saturated carbocycles. The summed E-state index contributed by atoms with van der Waals surface area (Å²) in [5, 5.41) is 0. The third-order valence-corrected chi connectivity index (χ3v) is 5.63. The van der Waals surface area contributed by atoms with Crippen molar-refractivity contribution in [2.45, 2.75) is 18.9 Å². The summed E-state index contributed by atoms with van der Waals surface area (Å²) < 4.78 is 44.7. The average molecular weight is 483 g/mol. The summed E-state index contributed by atoms with van der Waals surface area (Å²) in [7, 11) is -0.479. The second-order valence-electron chi connectivity index (χ2n) is 7.74. The second kappa shape index (κ2) is 8.45. The lowest BCUT2D eigenvalue weighted by Crippen LogP contribution is -2.12. The Bertz CT molecular complexity index is 1460. The van der Waals surface area contributed by atoms with E-state index in [4.69, 9.17) is 14.2 Å². The zero-order valence-electron chi connectivity index (χ0n) is 18.7. The van der Waals surface area contributed by atoms with Crippen LogP contribution in [0.2, 0.25) is 0 Å². The van der Waals surface area contributed by atoms with Crippen LogP contribution in [0.25, 0.3) is 28.5 Å². The van der Waals surface area contributed by atoms with Gasteiger partial charge < -0.3 is 14.2 Å². The van der Waals surface area contributed by atoms with E-state index in [1.807, 2.05) is 6.07 Å². The summed E-state index contributed by atoms with van der Waals surface area (Å²) in [5.74, 6) is 1.94. The number of hydrogen-bond donors (Lipinski definition) is 1. The van der Waals surface area contributed by atoms with Gasteiger partial charge in [0.05, 0.1) is 26.7 Å². The molecule has 1 aliphatic rings. The standard InChI is InChI=1S/C22H22N6O5S/c1-31-15-7-5-8-16(32-2)19(15)28-21(14-6-4-9-18(24-14)33-13-10-11-13)26-20-22(28)25-17(12-23-20)27-34(3,29)30/h4-9,12-13H,10-11H2,1-3H3,(H,25,27). The van der Waals surface area contributed by atoms with Gasteiger partial charge in [-0.15, -0.1) is 0 Å². The van der Waals surface area contributed by atoms with Gasteiger partial charge in [-0.1, -0.05) is 12.1 Å². The van der Waals surface area contributed by atoms with E-state index in [0.717, 1.165) is 19.1 Å². The molecule has 0 saturated heterocycles. The Hall–Kier alpha value is -3.93. The first kappa shape index (κ1) is 21.9. The molecule has 0 bridgehead atoms. The first-order chi connectivity index (χ1) is 16.4. The fraction of sp³-hybridized carbons (Fsp3) is 0.273. The molecule has 0 radical (unpaired) electrons. The number of benzene rings is 1. The minimum atomic E-state index is -3.57. The maximum Gasteiger partial charge on any atom is 0.231 e. The number of ether oxygens (including phenoxy) is 3. The number of sulfonamides is 1. The van der Waals surface area contributed by atoms with Gasteiger partial charge in [0.1, 0.15) is 29.0 Å². The van der Waals surface area contributed by atoms with Crippen LogP contribution in [0, 0.1) is 0 Å². The smallest absolute Gasteiger partial charge is 0.231 e. The van der Waals surface area contributed by atoms with Gasteiger partial charge in [-0.05, 0) is 31.0 Å². The van der Waals surface area contributed by atoms with Gasteiger partial charge in [-0.2, -0.15) is 0 Å². The first-order valence-corrected chi connectivity index (χ1v) is 12.3. The topological polar surface area (TPSA) is 130 Å². The highest BCUT2D eigenvalue weighted by atomic mass is 32.2. The Labute approximate surface area is 195 Å². The maximum atomic E-state index is 11.8. The first-order valence-electron chi connectivity index (χ1n) is 10.4. The monoisotopic (exact) mass is 482 g/mol. The van der Waals surface area contributed by atoms with Gasteiger partial charge in [0.25, 0.3) is 0 Å². The fourth-order valence-corrected chi connectivity index (χ4v) is 3.97. The largest absolute Gasteiger partial charge is 0.494 e. The van der Waals surface area contributed by atoms with Gasteiger partial charge in [0.2, 0.25) is 15.9 Å². The summed E-state index contributed by atoms with van der Waals surface area (Å²) in [6, 6.07) is 10.8. The van der Waals surface area contributed by atoms with Crippen LogP contribution >= 0.6 is 0 Å². The molecule has 0 atom stereocenters. The van der Waals surface area contributed by atoms with E-state index in [1.54, 1.807) is 49.1 Å². The van der Waals surface area contributed by atoms with Crippen LogP contribution in [0.4, 0.5) is 5.82 Å². The minimum absolute atomic E-state index is 0.0512. The Morgan fingerprint density at radius 1 is 1.00 bits per heavy atom. The van der Waals surface area contributed by atoms with Crippen LogP contribution in [0.5, 0.6) is 17.4 Å². The van der Waals surface area contributed by atoms with E-state index in [9.17, 15) is 8.42 Å². The lowest BCUT2D eigenvalue weighted by Gasteiger charge is -2.16.